The van der Waals surface area contributed by atoms with Gasteiger partial charge in [-0.25, -0.2) is 23.1 Å². The molecule has 0 spiro atoms. The molecule has 3 N–H and O–H groups in total. The Morgan fingerprint density at radius 1 is 0.984 bits per heavy atom. The fourth-order valence-electron chi connectivity index (χ4n) is 7.41. The standard InChI is InChI=1S/C37H40BrF3N18O2/c1-19(33(60)46-23-17-57(15-22(23)40)36-48-30(29-32(50-36)54(3)18-43-29)45-24-16-55(4)52-34(24)61-5)14-58-25-7-6-21(39)27(41)28(25)47-26(58)13-42-35-51-37(56-10-8-53(2)9-11-56)49-31-20(38)12-44-59(31)35/h6-7,12,16,18,22-23H,1,8-11,13-15,17H2,2-5H3,(H,46,60)(H,42,49,51)(H,45,48,50)/t22?,23-/m1/s1. The van der Waals surface area contributed by atoms with Crippen LogP contribution >= 0.6 is 15.9 Å². The Hall–Kier alpha value is -6.56. The monoisotopic (exact) mass is 904 g/mol. The van der Waals surface area contributed by atoms with Crippen LogP contribution in [0.1, 0.15) is 5.82 Å². The average Bonchev–Trinajstić information content (AvgIpc) is 4.07. The number of methoxy groups -OCH3 is 1. The summed E-state index contributed by atoms with van der Waals surface area (Å²) >= 11 is 3.52. The Morgan fingerprint density at radius 2 is 1.75 bits per heavy atom. The number of halogens is 4. The van der Waals surface area contributed by atoms with Gasteiger partial charge in [0.1, 0.15) is 23.2 Å². The highest BCUT2D eigenvalue weighted by Gasteiger charge is 2.36. The Kier molecular flexibility index (Phi) is 10.3. The van der Waals surface area contributed by atoms with Gasteiger partial charge in [-0.05, 0) is 35.1 Å². The zero-order chi connectivity index (χ0) is 42.7. The zero-order valence-corrected chi connectivity index (χ0v) is 35.0. The van der Waals surface area contributed by atoms with E-state index in [1.807, 2.05) is 0 Å². The van der Waals surface area contributed by atoms with E-state index in [-0.39, 0.29) is 54.6 Å². The fraction of sp³-hybridized carbons (Fsp3) is 0.378. The quantitative estimate of drug-likeness (QED) is 0.152. The summed E-state index contributed by atoms with van der Waals surface area (Å²) in [4.78, 5) is 47.4. The smallest absolute Gasteiger partial charge is 0.256 e. The maximum atomic E-state index is 15.8. The van der Waals surface area contributed by atoms with Crippen LogP contribution < -0.4 is 30.5 Å². The third-order valence-corrected chi connectivity index (χ3v) is 11.3. The minimum absolute atomic E-state index is 0.0261. The van der Waals surface area contributed by atoms with Gasteiger partial charge < -0.3 is 44.5 Å². The van der Waals surface area contributed by atoms with Crippen molar-refractivity contribution in [2.75, 3.05) is 73.9 Å². The summed E-state index contributed by atoms with van der Waals surface area (Å²) in [5.74, 6) is -0.854. The van der Waals surface area contributed by atoms with Crippen molar-refractivity contribution in [3.8, 4) is 5.88 Å². The van der Waals surface area contributed by atoms with Gasteiger partial charge in [-0.3, -0.25) is 9.48 Å². The van der Waals surface area contributed by atoms with Crippen LogP contribution in [0.4, 0.5) is 42.5 Å². The summed E-state index contributed by atoms with van der Waals surface area (Å²) in [6, 6.07) is 1.42. The molecular formula is C37H40BrF3N18O2. The third kappa shape index (κ3) is 7.49. The number of amides is 1. The zero-order valence-electron chi connectivity index (χ0n) is 33.4. The molecule has 61 heavy (non-hydrogen) atoms. The lowest BCUT2D eigenvalue weighted by Crippen LogP contribution is -2.45. The molecule has 7 aromatic rings. The molecule has 2 saturated heterocycles. The van der Waals surface area contributed by atoms with Crippen LogP contribution in [0.3, 0.4) is 0 Å². The Morgan fingerprint density at radius 3 is 2.54 bits per heavy atom. The van der Waals surface area contributed by atoms with Gasteiger partial charge in [0.05, 0.1) is 61.5 Å². The molecule has 1 aromatic carbocycles. The van der Waals surface area contributed by atoms with Crippen molar-refractivity contribution in [2.24, 2.45) is 14.1 Å². The first kappa shape index (κ1) is 39.9. The average molecular weight is 906 g/mol. The number of aryl methyl sites for hydroxylation is 2. The van der Waals surface area contributed by atoms with Crippen LogP contribution in [-0.4, -0.2) is 135 Å². The van der Waals surface area contributed by atoms with E-state index in [0.29, 0.717) is 50.6 Å². The molecule has 0 bridgehead atoms. The van der Waals surface area contributed by atoms with Gasteiger partial charge in [-0.2, -0.15) is 29.5 Å². The number of fused-ring (bicyclic) bond motifs is 3. The minimum Gasteiger partial charge on any atom is -0.478 e. The molecule has 0 radical (unpaired) electrons. The number of carbonyl (C=O) groups is 1. The Labute approximate surface area is 353 Å². The van der Waals surface area contributed by atoms with Crippen LogP contribution in [0.15, 0.2) is 47.5 Å². The second-order valence-corrected chi connectivity index (χ2v) is 15.8. The van der Waals surface area contributed by atoms with Crippen LogP contribution in [0.25, 0.3) is 27.8 Å². The predicted molar refractivity (Wildman–Crippen MR) is 223 cm³/mol. The van der Waals surface area contributed by atoms with E-state index >= 15 is 8.78 Å². The lowest BCUT2D eigenvalue weighted by atomic mass is 10.2. The van der Waals surface area contributed by atoms with E-state index < -0.39 is 29.8 Å². The van der Waals surface area contributed by atoms with Gasteiger partial charge in [-0.15, -0.1) is 5.10 Å². The topological polar surface area (TPSA) is 194 Å². The number of benzene rings is 1. The van der Waals surface area contributed by atoms with Crippen molar-refractivity contribution in [3.63, 3.8) is 0 Å². The van der Waals surface area contributed by atoms with Gasteiger partial charge in [-0.1, -0.05) is 6.58 Å². The lowest BCUT2D eigenvalue weighted by molar-refractivity contribution is -0.118. The van der Waals surface area contributed by atoms with Crippen LogP contribution in [0.5, 0.6) is 5.88 Å². The van der Waals surface area contributed by atoms with E-state index in [4.69, 9.17) is 19.7 Å². The molecule has 24 heteroatoms. The summed E-state index contributed by atoms with van der Waals surface area (Å²) in [6.45, 7) is 6.85. The number of nitrogens with one attached hydrogen (secondary N) is 3. The van der Waals surface area contributed by atoms with Crippen LogP contribution in [0.2, 0.25) is 0 Å². The first-order valence-electron chi connectivity index (χ1n) is 19.2. The number of alkyl halides is 1. The van der Waals surface area contributed by atoms with Crippen molar-refractivity contribution < 1.29 is 22.7 Å². The second-order valence-electron chi connectivity index (χ2n) is 14.9. The summed E-state index contributed by atoms with van der Waals surface area (Å²) in [5, 5.41) is 17.9. The van der Waals surface area contributed by atoms with E-state index in [2.05, 4.69) is 80.5 Å². The van der Waals surface area contributed by atoms with Crippen LogP contribution in [-0.2, 0) is 32.0 Å². The normalized spacial score (nSPS) is 17.2. The number of aromatic nitrogens is 12. The summed E-state index contributed by atoms with van der Waals surface area (Å²) in [5.41, 5.74) is 2.07. The number of anilines is 5. The minimum atomic E-state index is -1.49. The SMILES string of the molecule is C=C(Cn1c(CNc2nc(N3CCN(C)CC3)nc3c(Br)cnn23)nc2c(F)c(F)ccc21)C(=O)N[C@@H]1CN(c2nc(Nc3cn(C)nc3OC)c3ncn(C)c3n2)CC1F. The molecule has 2 aliphatic heterocycles. The summed E-state index contributed by atoms with van der Waals surface area (Å²) < 4.78 is 57.9. The molecular weight excluding hydrogens is 865 g/mol. The molecule has 2 fully saturated rings. The number of piperazine rings is 1. The van der Waals surface area contributed by atoms with Gasteiger partial charge in [0, 0.05) is 52.4 Å². The molecule has 8 heterocycles. The second kappa shape index (κ2) is 15.8. The largest absolute Gasteiger partial charge is 0.478 e. The van der Waals surface area contributed by atoms with Gasteiger partial charge >= 0.3 is 0 Å². The predicted octanol–water partition coefficient (Wildman–Crippen LogP) is 2.94. The van der Waals surface area contributed by atoms with Crippen molar-refractivity contribution in [2.45, 2.75) is 25.3 Å². The van der Waals surface area contributed by atoms with Gasteiger partial charge in [0.15, 0.2) is 34.3 Å². The molecule has 0 saturated carbocycles. The molecule has 9 rings (SSSR count). The molecule has 0 aliphatic carbocycles. The fourth-order valence-corrected chi connectivity index (χ4v) is 7.75. The number of hydrogen-bond donors (Lipinski definition) is 3. The van der Waals surface area contributed by atoms with Gasteiger partial charge in [0.2, 0.25) is 23.8 Å². The molecule has 318 valence electrons. The van der Waals surface area contributed by atoms with Crippen LogP contribution in [0, 0.1) is 11.6 Å². The Balaban J connectivity index is 0.935. The first-order valence-corrected chi connectivity index (χ1v) is 20.0. The maximum absolute atomic E-state index is 15.8. The lowest BCUT2D eigenvalue weighted by Gasteiger charge is -2.32. The third-order valence-electron chi connectivity index (χ3n) is 10.7. The molecule has 6 aromatic heterocycles. The molecule has 2 aliphatic rings. The summed E-state index contributed by atoms with van der Waals surface area (Å²) in [7, 11) is 7.09. The number of carbonyl (C=O) groups excluding carboxylic acids is 1. The highest BCUT2D eigenvalue weighted by atomic mass is 79.9. The number of nitrogens with zero attached hydrogens (tertiary/aromatic N) is 15. The van der Waals surface area contributed by atoms with E-state index in [9.17, 15) is 9.18 Å². The van der Waals surface area contributed by atoms with Crippen molar-refractivity contribution >= 4 is 79.0 Å². The van der Waals surface area contributed by atoms with Crippen molar-refractivity contribution in [1.82, 2.24) is 68.6 Å². The number of rotatable bonds is 12. The van der Waals surface area contributed by atoms with Crippen molar-refractivity contribution in [1.29, 1.82) is 0 Å². The molecule has 1 amide bonds. The number of imidazole rings is 2. The Bertz CT molecular complexity index is 2830. The first-order chi connectivity index (χ1) is 29.3. The number of ether oxygens (including phenoxy) is 1. The van der Waals surface area contributed by atoms with Crippen molar-refractivity contribution in [3.05, 3.63) is 64.9 Å². The highest BCUT2D eigenvalue weighted by Crippen LogP contribution is 2.31. The molecule has 20 nitrogen and oxygen atoms in total. The molecule has 2 atom stereocenters. The molecule has 1 unspecified atom stereocenters. The summed E-state index contributed by atoms with van der Waals surface area (Å²) in [6.07, 6.45) is 3.43. The highest BCUT2D eigenvalue weighted by molar-refractivity contribution is 9.10. The maximum Gasteiger partial charge on any atom is 0.256 e. The van der Waals surface area contributed by atoms with E-state index in [1.54, 1.807) is 51.5 Å². The number of hydrogen-bond acceptors (Lipinski definition) is 15. The van der Waals surface area contributed by atoms with E-state index in [0.717, 1.165) is 32.2 Å². The van der Waals surface area contributed by atoms with Gasteiger partial charge in [0.25, 0.3) is 5.88 Å². The van der Waals surface area contributed by atoms with E-state index in [1.165, 1.54) is 17.7 Å². The number of likely N-dealkylation sites (N-methyl/N-ethyl adjacent to an activating group) is 1.